The summed E-state index contributed by atoms with van der Waals surface area (Å²) in [6, 6.07) is 4.96. The van der Waals surface area contributed by atoms with Gasteiger partial charge >= 0.3 is 0 Å². The van der Waals surface area contributed by atoms with Gasteiger partial charge in [0.25, 0.3) is 18.2 Å². The number of anilines is 1. The number of fused-ring (bicyclic) bond motifs is 1. The van der Waals surface area contributed by atoms with Crippen LogP contribution < -0.4 is 11.1 Å². The Balaban J connectivity index is 1.96. The lowest BCUT2D eigenvalue weighted by atomic mass is 10.1. The van der Waals surface area contributed by atoms with Crippen molar-refractivity contribution in [3.63, 3.8) is 0 Å². The maximum absolute atomic E-state index is 13.5. The van der Waals surface area contributed by atoms with E-state index in [-0.39, 0.29) is 21.1 Å². The van der Waals surface area contributed by atoms with Crippen molar-refractivity contribution in [1.29, 1.82) is 0 Å². The highest BCUT2D eigenvalue weighted by atomic mass is 127. The second kappa shape index (κ2) is 8.24. The number of pyridine rings is 1. The van der Waals surface area contributed by atoms with Gasteiger partial charge in [-0.15, -0.1) is 22.7 Å². The second-order valence-electron chi connectivity index (χ2n) is 6.61. The number of aryl methyl sites for hydroxylation is 2. The lowest BCUT2D eigenvalue weighted by Gasteiger charge is -2.09. The van der Waals surface area contributed by atoms with Crippen LogP contribution in [0.4, 0.5) is 14.5 Å². The fourth-order valence-electron chi connectivity index (χ4n) is 3.08. The molecule has 0 saturated heterocycles. The van der Waals surface area contributed by atoms with Crippen molar-refractivity contribution in [2.45, 2.75) is 13.3 Å². The minimum Gasteiger partial charge on any atom is -0.365 e. The van der Waals surface area contributed by atoms with E-state index in [9.17, 15) is 18.4 Å². The minimum absolute atomic E-state index is 0.0303. The molecule has 0 spiro atoms. The van der Waals surface area contributed by atoms with E-state index in [1.165, 1.54) is 22.1 Å². The third-order valence-electron chi connectivity index (χ3n) is 4.37. The quantitative estimate of drug-likeness (QED) is 0.330. The molecular formula is C19H14F2IN5O2S2. The van der Waals surface area contributed by atoms with Gasteiger partial charge in [0, 0.05) is 33.9 Å². The molecule has 160 valence electrons. The Morgan fingerprint density at radius 3 is 2.58 bits per heavy atom. The highest BCUT2D eigenvalue weighted by Gasteiger charge is 2.26. The topological polar surface area (TPSA) is 103 Å². The first-order chi connectivity index (χ1) is 14.7. The average Bonchev–Trinajstić information content (AvgIpc) is 3.38. The van der Waals surface area contributed by atoms with Crippen molar-refractivity contribution in [3.05, 3.63) is 49.1 Å². The van der Waals surface area contributed by atoms with Crippen LogP contribution in [-0.4, -0.2) is 26.6 Å². The highest BCUT2D eigenvalue weighted by molar-refractivity contribution is 14.1. The fraction of sp³-hybridized carbons (Fsp3) is 0.158. The van der Waals surface area contributed by atoms with Crippen LogP contribution >= 0.6 is 45.3 Å². The predicted molar refractivity (Wildman–Crippen MR) is 125 cm³/mol. The van der Waals surface area contributed by atoms with Crippen LogP contribution in [-0.2, 0) is 7.05 Å². The van der Waals surface area contributed by atoms with E-state index in [1.54, 1.807) is 19.3 Å². The third-order valence-corrected chi connectivity index (χ3v) is 7.29. The Morgan fingerprint density at radius 1 is 1.29 bits per heavy atom. The number of primary amides is 1. The smallest absolute Gasteiger partial charge is 0.280 e. The van der Waals surface area contributed by atoms with E-state index in [0.717, 1.165) is 16.2 Å². The summed E-state index contributed by atoms with van der Waals surface area (Å²) in [7, 11) is 1.68. The molecule has 0 fully saturated rings. The Labute approximate surface area is 196 Å². The Bertz CT molecular complexity index is 1340. The van der Waals surface area contributed by atoms with Crippen LogP contribution in [0.1, 0.15) is 37.2 Å². The first kappa shape index (κ1) is 21.8. The number of aromatic nitrogens is 3. The van der Waals surface area contributed by atoms with Crippen molar-refractivity contribution >= 4 is 73.0 Å². The number of nitrogens with two attached hydrogens (primary N) is 1. The third kappa shape index (κ3) is 4.06. The summed E-state index contributed by atoms with van der Waals surface area (Å²) in [5.74, 6) is -1.33. The van der Waals surface area contributed by atoms with E-state index in [2.05, 4.69) is 15.4 Å². The van der Waals surface area contributed by atoms with Gasteiger partial charge in [-0.1, -0.05) is 0 Å². The molecule has 2 amide bonds. The number of thiophene rings is 2. The summed E-state index contributed by atoms with van der Waals surface area (Å²) in [5.41, 5.74) is 5.90. The normalized spacial score (nSPS) is 11.4. The molecule has 7 nitrogen and oxygen atoms in total. The fourth-order valence-corrected chi connectivity index (χ4v) is 5.74. The molecule has 4 aromatic rings. The lowest BCUT2D eigenvalue weighted by Crippen LogP contribution is -2.18. The van der Waals surface area contributed by atoms with Crippen LogP contribution in [0.3, 0.4) is 0 Å². The summed E-state index contributed by atoms with van der Waals surface area (Å²) in [4.78, 5) is 31.0. The molecule has 3 N–H and O–H groups in total. The molecule has 0 atom stereocenters. The predicted octanol–water partition coefficient (Wildman–Crippen LogP) is 4.96. The molecule has 0 saturated carbocycles. The standard InChI is InChI=1S/C19H14F2IN5O2S2/c1-7-3-4-11(30-7)8-5-10(16(20)21)24-19-12(8)14(15(31-19)17(23)28)25-18(29)13-9(22)6-27(2)26-13/h3-6,16H,1-2H3,(H2,23,28)(H,25,29). The molecule has 4 rings (SSSR count). The van der Waals surface area contributed by atoms with Gasteiger partial charge in [-0.05, 0) is 47.7 Å². The summed E-state index contributed by atoms with van der Waals surface area (Å²) < 4.78 is 29.1. The monoisotopic (exact) mass is 573 g/mol. The number of hydrogen-bond donors (Lipinski definition) is 2. The number of carbonyl (C=O) groups excluding carboxylic acids is 2. The van der Waals surface area contributed by atoms with Crippen molar-refractivity contribution in [1.82, 2.24) is 14.8 Å². The molecule has 0 bridgehead atoms. The highest BCUT2D eigenvalue weighted by Crippen LogP contribution is 2.44. The Hall–Kier alpha value is -2.45. The maximum atomic E-state index is 13.5. The molecule has 0 aliphatic carbocycles. The summed E-state index contributed by atoms with van der Waals surface area (Å²) in [5, 5.41) is 7.25. The zero-order chi connectivity index (χ0) is 22.4. The number of carbonyl (C=O) groups is 2. The molecule has 0 unspecified atom stereocenters. The van der Waals surface area contributed by atoms with Crippen molar-refractivity contribution in [2.24, 2.45) is 12.8 Å². The van der Waals surface area contributed by atoms with Crippen molar-refractivity contribution in [3.8, 4) is 10.4 Å². The van der Waals surface area contributed by atoms with Crippen LogP contribution in [0, 0.1) is 10.5 Å². The average molecular weight is 573 g/mol. The van der Waals surface area contributed by atoms with Crippen LogP contribution in [0.15, 0.2) is 24.4 Å². The van der Waals surface area contributed by atoms with Gasteiger partial charge in [-0.2, -0.15) is 5.10 Å². The molecule has 0 aromatic carbocycles. The first-order valence-corrected chi connectivity index (χ1v) is 11.5. The molecule has 0 aliphatic rings. The van der Waals surface area contributed by atoms with Gasteiger partial charge in [0.05, 0.1) is 9.26 Å². The number of amides is 2. The summed E-state index contributed by atoms with van der Waals surface area (Å²) in [6.07, 6.45) is -1.12. The van der Waals surface area contributed by atoms with Gasteiger partial charge < -0.3 is 11.1 Å². The lowest BCUT2D eigenvalue weighted by molar-refractivity contribution is 0.100. The van der Waals surface area contributed by atoms with Gasteiger partial charge in [0.15, 0.2) is 5.69 Å². The zero-order valence-electron chi connectivity index (χ0n) is 16.1. The number of halogens is 3. The van der Waals surface area contributed by atoms with E-state index in [1.807, 2.05) is 35.6 Å². The second-order valence-corrected chi connectivity index (χ2v) is 10.1. The van der Waals surface area contributed by atoms with E-state index in [0.29, 0.717) is 19.4 Å². The number of hydrogen-bond acceptors (Lipinski definition) is 6. The molecular weight excluding hydrogens is 559 g/mol. The molecule has 4 aromatic heterocycles. The molecule has 0 radical (unpaired) electrons. The van der Waals surface area contributed by atoms with Gasteiger partial charge in [0.2, 0.25) is 0 Å². The summed E-state index contributed by atoms with van der Waals surface area (Å²) >= 11 is 4.26. The minimum atomic E-state index is -2.79. The number of alkyl halides is 2. The summed E-state index contributed by atoms with van der Waals surface area (Å²) in [6.45, 7) is 1.90. The van der Waals surface area contributed by atoms with Crippen molar-refractivity contribution in [2.75, 3.05) is 5.32 Å². The van der Waals surface area contributed by atoms with E-state index >= 15 is 0 Å². The van der Waals surface area contributed by atoms with E-state index < -0.39 is 23.9 Å². The largest absolute Gasteiger partial charge is 0.365 e. The van der Waals surface area contributed by atoms with E-state index in [4.69, 9.17) is 5.73 Å². The first-order valence-electron chi connectivity index (χ1n) is 8.78. The Kier molecular flexibility index (Phi) is 5.79. The van der Waals surface area contributed by atoms with Crippen LogP contribution in [0.2, 0.25) is 0 Å². The molecule has 0 aliphatic heterocycles. The van der Waals surface area contributed by atoms with Crippen LogP contribution in [0.5, 0.6) is 0 Å². The molecule has 12 heteroatoms. The zero-order valence-corrected chi connectivity index (χ0v) is 19.9. The number of nitrogens with one attached hydrogen (secondary N) is 1. The maximum Gasteiger partial charge on any atom is 0.280 e. The van der Waals surface area contributed by atoms with Gasteiger partial charge in [0.1, 0.15) is 15.4 Å². The Morgan fingerprint density at radius 2 is 2.03 bits per heavy atom. The number of rotatable bonds is 5. The molecule has 4 heterocycles. The van der Waals surface area contributed by atoms with Crippen LogP contribution in [0.25, 0.3) is 20.7 Å². The van der Waals surface area contributed by atoms with Gasteiger partial charge in [-0.3, -0.25) is 14.3 Å². The number of nitrogens with zero attached hydrogens (tertiary/aromatic N) is 3. The van der Waals surface area contributed by atoms with Crippen molar-refractivity contribution < 1.29 is 18.4 Å². The van der Waals surface area contributed by atoms with Gasteiger partial charge in [-0.25, -0.2) is 13.8 Å². The SMILES string of the molecule is Cc1ccc(-c2cc(C(F)F)nc3sc(C(N)=O)c(NC(=O)c4nn(C)cc4I)c23)s1. The molecule has 31 heavy (non-hydrogen) atoms.